The number of nitrogens with zero attached hydrogens (tertiary/aromatic N) is 1. The van der Waals surface area contributed by atoms with Crippen molar-refractivity contribution in [1.29, 1.82) is 0 Å². The lowest BCUT2D eigenvalue weighted by atomic mass is 9.95. The second kappa shape index (κ2) is 8.09. The Labute approximate surface area is 155 Å². The van der Waals surface area contributed by atoms with Crippen LogP contribution >= 0.6 is 11.6 Å². The summed E-state index contributed by atoms with van der Waals surface area (Å²) >= 11 is 5.93. The third-order valence-electron chi connectivity index (χ3n) is 4.46. The molecule has 1 aromatic carbocycles. The Bertz CT molecular complexity index is 610. The lowest BCUT2D eigenvalue weighted by Crippen LogP contribution is -2.49. The summed E-state index contributed by atoms with van der Waals surface area (Å²) in [4.78, 5) is 26.5. The first-order valence-corrected chi connectivity index (χ1v) is 9.14. The van der Waals surface area contributed by atoms with Gasteiger partial charge in [0.2, 0.25) is 11.8 Å². The van der Waals surface area contributed by atoms with Gasteiger partial charge in [0, 0.05) is 35.8 Å². The molecule has 0 saturated carbocycles. The second-order valence-corrected chi connectivity index (χ2v) is 8.20. The maximum Gasteiger partial charge on any atom is 0.242 e. The third kappa shape index (κ3) is 5.63. The van der Waals surface area contributed by atoms with Gasteiger partial charge in [-0.3, -0.25) is 9.59 Å². The SMILES string of the molecule is CC(NC(=O)C(C)(C)C)C(=O)NCC1CCN(c2ccc(Cl)cc2)C1. The minimum absolute atomic E-state index is 0.120. The zero-order chi connectivity index (χ0) is 18.6. The number of amides is 2. The van der Waals surface area contributed by atoms with Gasteiger partial charge < -0.3 is 15.5 Å². The molecule has 1 saturated heterocycles. The minimum atomic E-state index is -0.527. The van der Waals surface area contributed by atoms with E-state index in [0.717, 1.165) is 30.2 Å². The van der Waals surface area contributed by atoms with Gasteiger partial charge in [-0.25, -0.2) is 0 Å². The summed E-state index contributed by atoms with van der Waals surface area (Å²) in [6.45, 7) is 9.71. The third-order valence-corrected chi connectivity index (χ3v) is 4.72. The largest absolute Gasteiger partial charge is 0.371 e. The number of nitrogens with one attached hydrogen (secondary N) is 2. The topological polar surface area (TPSA) is 61.4 Å². The number of benzene rings is 1. The molecular weight excluding hydrogens is 338 g/mol. The highest BCUT2D eigenvalue weighted by atomic mass is 35.5. The van der Waals surface area contributed by atoms with Crippen molar-refractivity contribution < 1.29 is 9.59 Å². The van der Waals surface area contributed by atoms with Crippen LogP contribution < -0.4 is 15.5 Å². The quantitative estimate of drug-likeness (QED) is 0.843. The molecule has 0 spiro atoms. The van der Waals surface area contributed by atoms with Gasteiger partial charge in [-0.2, -0.15) is 0 Å². The maximum absolute atomic E-state index is 12.2. The Morgan fingerprint density at radius 3 is 2.52 bits per heavy atom. The first-order valence-electron chi connectivity index (χ1n) is 8.76. The Morgan fingerprint density at radius 2 is 1.92 bits per heavy atom. The molecule has 2 atom stereocenters. The molecule has 1 aliphatic rings. The highest BCUT2D eigenvalue weighted by Crippen LogP contribution is 2.24. The second-order valence-electron chi connectivity index (χ2n) is 7.77. The summed E-state index contributed by atoms with van der Waals surface area (Å²) in [5.41, 5.74) is 0.656. The lowest BCUT2D eigenvalue weighted by molar-refractivity contribution is -0.133. The van der Waals surface area contributed by atoms with Crippen molar-refractivity contribution in [2.24, 2.45) is 11.3 Å². The standard InChI is InChI=1S/C19H28ClN3O2/c1-13(22-18(25)19(2,3)4)17(24)21-11-14-9-10-23(12-14)16-7-5-15(20)6-8-16/h5-8,13-14H,9-12H2,1-4H3,(H,21,24)(H,22,25). The van der Waals surface area contributed by atoms with Crippen LogP contribution in [0.1, 0.15) is 34.1 Å². The number of rotatable bonds is 5. The molecule has 138 valence electrons. The van der Waals surface area contributed by atoms with Gasteiger partial charge in [-0.1, -0.05) is 32.4 Å². The van der Waals surface area contributed by atoms with Crippen molar-refractivity contribution in [3.63, 3.8) is 0 Å². The maximum atomic E-state index is 12.2. The highest BCUT2D eigenvalue weighted by Gasteiger charge is 2.27. The van der Waals surface area contributed by atoms with Crippen LogP contribution in [0.2, 0.25) is 5.02 Å². The molecule has 1 aliphatic heterocycles. The minimum Gasteiger partial charge on any atom is -0.371 e. The van der Waals surface area contributed by atoms with Crippen LogP contribution in [-0.2, 0) is 9.59 Å². The molecule has 5 nitrogen and oxygen atoms in total. The van der Waals surface area contributed by atoms with E-state index in [1.165, 1.54) is 0 Å². The average molecular weight is 366 g/mol. The Kier molecular flexibility index (Phi) is 6.33. The first-order chi connectivity index (χ1) is 11.7. The van der Waals surface area contributed by atoms with Gasteiger partial charge in [-0.05, 0) is 43.5 Å². The molecule has 6 heteroatoms. The summed E-state index contributed by atoms with van der Waals surface area (Å²) in [5, 5.41) is 6.46. The van der Waals surface area contributed by atoms with Gasteiger partial charge in [-0.15, -0.1) is 0 Å². The molecule has 2 rings (SSSR count). The summed E-state index contributed by atoms with van der Waals surface area (Å²) in [7, 11) is 0. The van der Waals surface area contributed by atoms with Gasteiger partial charge in [0.25, 0.3) is 0 Å². The molecule has 1 aromatic rings. The van der Waals surface area contributed by atoms with E-state index in [9.17, 15) is 9.59 Å². The van der Waals surface area contributed by atoms with Crippen LogP contribution in [0.25, 0.3) is 0 Å². The Morgan fingerprint density at radius 1 is 1.28 bits per heavy atom. The molecule has 2 amide bonds. The summed E-state index contributed by atoms with van der Waals surface area (Å²) in [6, 6.07) is 7.30. The summed E-state index contributed by atoms with van der Waals surface area (Å²) in [6.07, 6.45) is 1.03. The number of halogens is 1. The molecule has 25 heavy (non-hydrogen) atoms. The van der Waals surface area contributed by atoms with Gasteiger partial charge in [0.1, 0.15) is 6.04 Å². The van der Waals surface area contributed by atoms with Crippen molar-refractivity contribution >= 4 is 29.1 Å². The number of hydrogen-bond donors (Lipinski definition) is 2. The van der Waals surface area contributed by atoms with E-state index < -0.39 is 11.5 Å². The predicted molar refractivity (Wildman–Crippen MR) is 102 cm³/mol. The molecule has 1 heterocycles. The van der Waals surface area contributed by atoms with E-state index >= 15 is 0 Å². The molecule has 0 aliphatic carbocycles. The molecule has 2 N–H and O–H groups in total. The van der Waals surface area contributed by atoms with Gasteiger partial charge >= 0.3 is 0 Å². The monoisotopic (exact) mass is 365 g/mol. The molecule has 1 fully saturated rings. The summed E-state index contributed by atoms with van der Waals surface area (Å²) in [5.74, 6) is 0.151. The Hall–Kier alpha value is -1.75. The van der Waals surface area contributed by atoms with Crippen LogP contribution in [0.4, 0.5) is 5.69 Å². The molecule has 0 bridgehead atoms. The van der Waals surface area contributed by atoms with E-state index in [4.69, 9.17) is 11.6 Å². The van der Waals surface area contributed by atoms with Crippen LogP contribution in [-0.4, -0.2) is 37.5 Å². The molecular formula is C19H28ClN3O2. The van der Waals surface area contributed by atoms with Crippen molar-refractivity contribution in [2.45, 2.75) is 40.2 Å². The molecule has 0 radical (unpaired) electrons. The van der Waals surface area contributed by atoms with Crippen LogP contribution in [0.15, 0.2) is 24.3 Å². The smallest absolute Gasteiger partial charge is 0.242 e. The van der Waals surface area contributed by atoms with Gasteiger partial charge in [0.05, 0.1) is 0 Å². The molecule has 0 aromatic heterocycles. The Balaban J connectivity index is 1.77. The fourth-order valence-electron chi connectivity index (χ4n) is 2.76. The number of hydrogen-bond acceptors (Lipinski definition) is 3. The fraction of sp³-hybridized carbons (Fsp3) is 0.579. The normalized spacial score (nSPS) is 18.8. The first kappa shape index (κ1) is 19.6. The van der Waals surface area contributed by atoms with E-state index in [0.29, 0.717) is 12.5 Å². The number of anilines is 1. The predicted octanol–water partition coefficient (Wildman–Crippen LogP) is 2.83. The fourth-order valence-corrected chi connectivity index (χ4v) is 2.89. The van der Waals surface area contributed by atoms with E-state index in [2.05, 4.69) is 15.5 Å². The van der Waals surface area contributed by atoms with Gasteiger partial charge in [0.15, 0.2) is 0 Å². The van der Waals surface area contributed by atoms with Crippen molar-refractivity contribution in [3.05, 3.63) is 29.3 Å². The lowest BCUT2D eigenvalue weighted by Gasteiger charge is -2.22. The van der Waals surface area contributed by atoms with Crippen LogP contribution in [0.5, 0.6) is 0 Å². The molecule has 2 unspecified atom stereocenters. The van der Waals surface area contributed by atoms with E-state index in [1.54, 1.807) is 6.92 Å². The zero-order valence-corrected chi connectivity index (χ0v) is 16.2. The number of carbonyl (C=O) groups excluding carboxylic acids is 2. The van der Waals surface area contributed by atoms with Crippen molar-refractivity contribution in [3.8, 4) is 0 Å². The number of carbonyl (C=O) groups is 2. The van der Waals surface area contributed by atoms with Crippen LogP contribution in [0, 0.1) is 11.3 Å². The average Bonchev–Trinajstić information content (AvgIpc) is 3.01. The van der Waals surface area contributed by atoms with Crippen molar-refractivity contribution in [1.82, 2.24) is 10.6 Å². The van der Waals surface area contributed by atoms with Crippen molar-refractivity contribution in [2.75, 3.05) is 24.5 Å². The van der Waals surface area contributed by atoms with Crippen LogP contribution in [0.3, 0.4) is 0 Å². The highest BCUT2D eigenvalue weighted by molar-refractivity contribution is 6.30. The van der Waals surface area contributed by atoms with E-state index in [-0.39, 0.29) is 11.8 Å². The van der Waals surface area contributed by atoms with E-state index in [1.807, 2.05) is 45.0 Å². The zero-order valence-electron chi connectivity index (χ0n) is 15.4. The summed E-state index contributed by atoms with van der Waals surface area (Å²) < 4.78 is 0.